The van der Waals surface area contributed by atoms with E-state index < -0.39 is 27.6 Å². The van der Waals surface area contributed by atoms with E-state index >= 15 is 0 Å². The summed E-state index contributed by atoms with van der Waals surface area (Å²) >= 11 is 0. The van der Waals surface area contributed by atoms with Gasteiger partial charge in [-0.3, -0.25) is 4.55 Å². The molecule has 1 aromatic carbocycles. The quantitative estimate of drug-likeness (QED) is 0.688. The molecule has 0 aliphatic heterocycles. The van der Waals surface area contributed by atoms with E-state index in [2.05, 4.69) is 5.10 Å². The number of aryl methyl sites for hydroxylation is 1. The summed E-state index contributed by atoms with van der Waals surface area (Å²) < 4.78 is 69.5. The first kappa shape index (κ1) is 14.7. The third-order valence-electron chi connectivity index (χ3n) is 2.61. The van der Waals surface area contributed by atoms with E-state index in [1.807, 2.05) is 0 Å². The van der Waals surface area contributed by atoms with Crippen LogP contribution in [-0.4, -0.2) is 23.8 Å². The van der Waals surface area contributed by atoms with Gasteiger partial charge in [0.05, 0.1) is 5.56 Å². The lowest BCUT2D eigenvalue weighted by Crippen LogP contribution is -2.40. The Morgan fingerprint density at radius 1 is 1.25 bits per heavy atom. The number of fused-ring (bicyclic) bond motifs is 1. The summed E-state index contributed by atoms with van der Waals surface area (Å²) in [7, 11) is -4.20. The van der Waals surface area contributed by atoms with Crippen LogP contribution in [0, 0.1) is 0 Å². The minimum absolute atomic E-state index is 0.235. The van der Waals surface area contributed by atoms with Gasteiger partial charge in [-0.15, -0.1) is 0 Å². The maximum absolute atomic E-state index is 12.8. The van der Waals surface area contributed by atoms with Crippen molar-refractivity contribution in [3.05, 3.63) is 36.0 Å². The number of hydrogen-bond acceptors (Lipinski definition) is 3. The highest BCUT2D eigenvalue weighted by atomic mass is 32.2. The second kappa shape index (κ2) is 4.98. The monoisotopic (exact) mass is 307 g/mol. The third kappa shape index (κ3) is 3.42. The second-order valence-corrected chi connectivity index (χ2v) is 5.68. The summed E-state index contributed by atoms with van der Waals surface area (Å²) in [5.74, 6) is -0.621. The number of benzene rings is 1. The van der Waals surface area contributed by atoms with Gasteiger partial charge in [0.15, 0.2) is 12.7 Å². The van der Waals surface area contributed by atoms with E-state index in [0.717, 1.165) is 10.7 Å². The fourth-order valence-corrected chi connectivity index (χ4v) is 2.12. The normalized spacial score (nSPS) is 12.8. The van der Waals surface area contributed by atoms with Gasteiger partial charge in [0, 0.05) is 16.6 Å². The van der Waals surface area contributed by atoms with Crippen LogP contribution >= 0.6 is 0 Å². The first-order valence-corrected chi connectivity index (χ1v) is 7.09. The number of rotatable bonds is 3. The van der Waals surface area contributed by atoms with Gasteiger partial charge in [-0.1, -0.05) is 16.8 Å². The van der Waals surface area contributed by atoms with Gasteiger partial charge in [0.25, 0.3) is 10.1 Å². The van der Waals surface area contributed by atoms with Crippen molar-refractivity contribution >= 4 is 21.0 Å². The zero-order chi connectivity index (χ0) is 15.0. The van der Waals surface area contributed by atoms with Crippen molar-refractivity contribution in [2.45, 2.75) is 12.7 Å². The predicted octanol–water partition coefficient (Wildman–Crippen LogP) is 1.43. The fourth-order valence-electron chi connectivity index (χ4n) is 1.70. The lowest BCUT2D eigenvalue weighted by Gasteiger charge is -2.07. The van der Waals surface area contributed by atoms with Crippen LogP contribution in [0.1, 0.15) is 5.56 Å². The maximum atomic E-state index is 12.8. The van der Waals surface area contributed by atoms with Crippen LogP contribution in [0.2, 0.25) is 0 Å². The number of halogens is 3. The molecule has 108 valence electrons. The van der Waals surface area contributed by atoms with Crippen LogP contribution in [0.15, 0.2) is 30.5 Å². The zero-order valence-electron chi connectivity index (χ0n) is 10.0. The molecule has 0 saturated carbocycles. The van der Waals surface area contributed by atoms with Gasteiger partial charge in [-0.25, -0.2) is 0 Å². The third-order valence-corrected chi connectivity index (χ3v) is 3.30. The zero-order valence-corrected chi connectivity index (χ0v) is 10.8. The molecule has 1 heterocycles. The number of aromatic nitrogens is 2. The van der Waals surface area contributed by atoms with Crippen LogP contribution < -0.4 is 4.68 Å². The predicted molar refractivity (Wildman–Crippen MR) is 63.4 cm³/mol. The second-order valence-electron chi connectivity index (χ2n) is 4.11. The smallest absolute Gasteiger partial charge is 0.285 e. The number of nitrogens with zero attached hydrogens (tertiary/aromatic N) is 2. The van der Waals surface area contributed by atoms with Crippen molar-refractivity contribution in [1.29, 1.82) is 0 Å². The molecular formula is C11H10F3N2O3S+. The van der Waals surface area contributed by atoms with Gasteiger partial charge < -0.3 is 0 Å². The largest absolute Gasteiger partial charge is 0.418 e. The average molecular weight is 307 g/mol. The lowest BCUT2D eigenvalue weighted by molar-refractivity contribution is -0.747. The first-order chi connectivity index (χ1) is 9.17. The Kier molecular flexibility index (Phi) is 3.65. The minimum Gasteiger partial charge on any atom is -0.285 e. The molecule has 0 saturated heterocycles. The van der Waals surface area contributed by atoms with Crippen molar-refractivity contribution in [1.82, 2.24) is 5.10 Å². The highest BCUT2D eigenvalue weighted by molar-refractivity contribution is 7.85. The van der Waals surface area contributed by atoms with Crippen molar-refractivity contribution in [2.75, 3.05) is 5.75 Å². The summed E-state index contributed by atoms with van der Waals surface area (Å²) in [6.07, 6.45) is -3.19. The molecule has 2 aromatic rings. The molecule has 0 bridgehead atoms. The molecule has 0 spiro atoms. The Morgan fingerprint density at radius 3 is 2.55 bits per heavy atom. The molecule has 0 fully saturated rings. The molecule has 2 rings (SSSR count). The van der Waals surface area contributed by atoms with Crippen LogP contribution in [0.3, 0.4) is 0 Å². The molecule has 1 aromatic heterocycles. The standard InChI is InChI=1S/C11H9F3N2O3S/c12-11(13,14)9-3-1-2-8-4-5-16(15-10(8)9)6-7-20(17,18)19/h1-5H,6-7H2/p+1. The van der Waals surface area contributed by atoms with Gasteiger partial charge in [-0.2, -0.15) is 21.6 Å². The Bertz CT molecular complexity index is 744. The van der Waals surface area contributed by atoms with Gasteiger partial charge in [0.1, 0.15) is 11.3 Å². The van der Waals surface area contributed by atoms with Gasteiger partial charge in [0.2, 0.25) is 0 Å². The lowest BCUT2D eigenvalue weighted by atomic mass is 10.1. The SMILES string of the molecule is O=S(=O)(O)CC[n+]1ccc2cccc(C(F)(F)F)c2n1. The first-order valence-electron chi connectivity index (χ1n) is 5.49. The van der Waals surface area contributed by atoms with Crippen molar-refractivity contribution in [3.63, 3.8) is 0 Å². The molecule has 5 nitrogen and oxygen atoms in total. The van der Waals surface area contributed by atoms with Crippen molar-refractivity contribution < 1.29 is 30.8 Å². The van der Waals surface area contributed by atoms with E-state index in [4.69, 9.17) is 4.55 Å². The topological polar surface area (TPSA) is 71.1 Å². The molecule has 20 heavy (non-hydrogen) atoms. The highest BCUT2D eigenvalue weighted by Gasteiger charge is 2.34. The summed E-state index contributed by atoms with van der Waals surface area (Å²) in [5.41, 5.74) is -1.16. The maximum Gasteiger partial charge on any atom is 0.418 e. The van der Waals surface area contributed by atoms with Crippen molar-refractivity contribution in [2.24, 2.45) is 0 Å². The molecule has 1 N–H and O–H groups in total. The molecule has 0 unspecified atom stereocenters. The summed E-state index contributed by atoms with van der Waals surface area (Å²) in [4.78, 5) is 0. The molecule has 0 amide bonds. The summed E-state index contributed by atoms with van der Waals surface area (Å²) in [6.45, 7) is -0.235. The Morgan fingerprint density at radius 2 is 1.95 bits per heavy atom. The Balaban J connectivity index is 2.47. The molecule has 0 aliphatic carbocycles. The van der Waals surface area contributed by atoms with E-state index in [0.29, 0.717) is 5.39 Å². The van der Waals surface area contributed by atoms with Crippen molar-refractivity contribution in [3.8, 4) is 0 Å². The Hall–Kier alpha value is -1.74. The molecular weight excluding hydrogens is 297 g/mol. The molecule has 9 heteroatoms. The van der Waals surface area contributed by atoms with Crippen LogP contribution in [0.4, 0.5) is 13.2 Å². The molecule has 0 atom stereocenters. The number of alkyl halides is 3. The van der Waals surface area contributed by atoms with Crippen LogP contribution in [0.25, 0.3) is 10.9 Å². The fraction of sp³-hybridized carbons (Fsp3) is 0.273. The van der Waals surface area contributed by atoms with E-state index in [1.54, 1.807) is 0 Å². The summed E-state index contributed by atoms with van der Waals surface area (Å²) in [5, 5.41) is 4.06. The van der Waals surface area contributed by atoms with E-state index in [9.17, 15) is 21.6 Å². The minimum atomic E-state index is -4.55. The van der Waals surface area contributed by atoms with Gasteiger partial charge in [-0.05, 0) is 6.07 Å². The molecule has 0 aliphatic rings. The van der Waals surface area contributed by atoms with Gasteiger partial charge >= 0.3 is 6.18 Å². The van der Waals surface area contributed by atoms with E-state index in [1.165, 1.54) is 24.4 Å². The summed E-state index contributed by atoms with van der Waals surface area (Å²) in [6, 6.07) is 5.06. The number of hydrogen-bond donors (Lipinski definition) is 1. The molecule has 0 radical (unpaired) electrons. The highest BCUT2D eigenvalue weighted by Crippen LogP contribution is 2.33. The average Bonchev–Trinajstić information content (AvgIpc) is 2.33. The Labute approximate surface area is 112 Å². The van der Waals surface area contributed by atoms with Crippen LogP contribution in [-0.2, 0) is 22.8 Å². The van der Waals surface area contributed by atoms with Crippen LogP contribution in [0.5, 0.6) is 0 Å². The van der Waals surface area contributed by atoms with E-state index in [-0.39, 0.29) is 12.1 Å².